The van der Waals surface area contributed by atoms with Gasteiger partial charge in [-0.25, -0.2) is 0 Å². The molecule has 0 aliphatic carbocycles. The van der Waals surface area contributed by atoms with Crippen LogP contribution in [0.3, 0.4) is 0 Å². The molecule has 0 amide bonds. The number of ether oxygens (including phenoxy) is 2. The zero-order valence-corrected chi connectivity index (χ0v) is 21.1. The summed E-state index contributed by atoms with van der Waals surface area (Å²) in [6.07, 6.45) is 1.06. The molecule has 1 aromatic heterocycles. The summed E-state index contributed by atoms with van der Waals surface area (Å²) < 4.78 is 16.7. The number of rotatable bonds is 7. The van der Waals surface area contributed by atoms with Gasteiger partial charge in [-0.2, -0.15) is 0 Å². The van der Waals surface area contributed by atoms with E-state index in [1.54, 1.807) is 21.3 Å². The van der Waals surface area contributed by atoms with Gasteiger partial charge in [0.25, 0.3) is 0 Å². The van der Waals surface area contributed by atoms with Gasteiger partial charge in [-0.15, -0.1) is 24.0 Å². The van der Waals surface area contributed by atoms with Gasteiger partial charge in [0.2, 0.25) is 0 Å². The number of nitrogens with zero attached hydrogens (tertiary/aromatic N) is 2. The zero-order valence-electron chi connectivity index (χ0n) is 18.8. The highest BCUT2D eigenvalue weighted by Crippen LogP contribution is 2.24. The molecule has 2 aromatic carbocycles. The Hall–Kier alpha value is -2.46. The predicted molar refractivity (Wildman–Crippen MR) is 138 cm³/mol. The monoisotopic (exact) mass is 550 g/mol. The van der Waals surface area contributed by atoms with E-state index in [9.17, 15) is 0 Å². The number of nitrogens with one attached hydrogen (secondary N) is 2. The number of benzene rings is 2. The number of hydrogen-bond acceptors (Lipinski definition) is 5. The van der Waals surface area contributed by atoms with Crippen molar-refractivity contribution in [3.8, 4) is 11.5 Å². The van der Waals surface area contributed by atoms with Crippen molar-refractivity contribution < 1.29 is 13.9 Å². The lowest BCUT2D eigenvalue weighted by molar-refractivity contribution is 0.321. The molecule has 1 aliphatic rings. The summed E-state index contributed by atoms with van der Waals surface area (Å²) in [5.41, 5.74) is 2.09. The van der Waals surface area contributed by atoms with Crippen molar-refractivity contribution in [1.82, 2.24) is 15.5 Å². The third-order valence-corrected chi connectivity index (χ3v) is 5.56. The minimum atomic E-state index is 0. The number of furan rings is 1. The molecule has 1 saturated heterocycles. The van der Waals surface area contributed by atoms with Crippen LogP contribution in [0.15, 0.2) is 57.9 Å². The van der Waals surface area contributed by atoms with E-state index in [2.05, 4.69) is 44.8 Å². The van der Waals surface area contributed by atoms with E-state index in [1.807, 2.05) is 24.3 Å². The van der Waals surface area contributed by atoms with Crippen molar-refractivity contribution in [2.75, 3.05) is 34.4 Å². The molecular formula is C24H31IN4O3. The number of halogens is 1. The van der Waals surface area contributed by atoms with Crippen LogP contribution in [-0.4, -0.2) is 51.3 Å². The molecule has 0 spiro atoms. The topological polar surface area (TPSA) is 71.3 Å². The Kier molecular flexibility index (Phi) is 8.63. The van der Waals surface area contributed by atoms with Gasteiger partial charge in [-0.1, -0.05) is 18.2 Å². The van der Waals surface area contributed by atoms with E-state index >= 15 is 0 Å². The quantitative estimate of drug-likeness (QED) is 0.263. The second-order valence-corrected chi connectivity index (χ2v) is 7.76. The van der Waals surface area contributed by atoms with Crippen molar-refractivity contribution in [2.45, 2.75) is 25.6 Å². The molecule has 4 rings (SSSR count). The van der Waals surface area contributed by atoms with Crippen LogP contribution in [0.5, 0.6) is 11.5 Å². The minimum absolute atomic E-state index is 0. The molecule has 1 aliphatic heterocycles. The van der Waals surface area contributed by atoms with Gasteiger partial charge in [0.05, 0.1) is 20.8 Å². The van der Waals surface area contributed by atoms with Crippen molar-refractivity contribution in [2.24, 2.45) is 4.99 Å². The SMILES string of the molecule is CN=C(NCc1cc2ccccc2o1)NC1CCN(Cc2cc(OC)cc(OC)c2)C1.I. The van der Waals surface area contributed by atoms with E-state index in [0.29, 0.717) is 12.6 Å². The Labute approximate surface area is 206 Å². The van der Waals surface area contributed by atoms with Crippen LogP contribution in [-0.2, 0) is 13.1 Å². The first-order chi connectivity index (χ1) is 15.2. The zero-order chi connectivity index (χ0) is 21.6. The number of likely N-dealkylation sites (tertiary alicyclic amines) is 1. The Bertz CT molecular complexity index is 997. The summed E-state index contributed by atoms with van der Waals surface area (Å²) in [6.45, 7) is 3.42. The van der Waals surface area contributed by atoms with E-state index in [-0.39, 0.29) is 24.0 Å². The molecule has 8 heteroatoms. The van der Waals surface area contributed by atoms with Crippen LogP contribution in [0.1, 0.15) is 17.7 Å². The Morgan fingerprint density at radius 3 is 2.56 bits per heavy atom. The van der Waals surface area contributed by atoms with Crippen molar-refractivity contribution in [3.05, 3.63) is 59.9 Å². The van der Waals surface area contributed by atoms with E-state index in [1.165, 1.54) is 5.56 Å². The Morgan fingerprint density at radius 2 is 1.88 bits per heavy atom. The molecule has 1 atom stereocenters. The first-order valence-electron chi connectivity index (χ1n) is 10.6. The first-order valence-corrected chi connectivity index (χ1v) is 10.6. The number of guanidine groups is 1. The maximum absolute atomic E-state index is 5.88. The van der Waals surface area contributed by atoms with Crippen molar-refractivity contribution >= 4 is 40.9 Å². The third kappa shape index (κ3) is 6.07. The van der Waals surface area contributed by atoms with Gasteiger partial charge in [0.15, 0.2) is 5.96 Å². The summed E-state index contributed by atoms with van der Waals surface area (Å²) in [5, 5.41) is 8.01. The smallest absolute Gasteiger partial charge is 0.191 e. The molecule has 1 unspecified atom stereocenters. The second-order valence-electron chi connectivity index (χ2n) is 7.76. The largest absolute Gasteiger partial charge is 0.497 e. The number of para-hydroxylation sites is 1. The Morgan fingerprint density at radius 1 is 1.12 bits per heavy atom. The van der Waals surface area contributed by atoms with Gasteiger partial charge in [-0.05, 0) is 36.2 Å². The summed E-state index contributed by atoms with van der Waals surface area (Å²) in [6, 6.07) is 16.5. The first kappa shape index (κ1) is 24.2. The predicted octanol–water partition coefficient (Wildman–Crippen LogP) is 4.01. The molecule has 32 heavy (non-hydrogen) atoms. The summed E-state index contributed by atoms with van der Waals surface area (Å²) in [7, 11) is 5.15. The fourth-order valence-corrected chi connectivity index (χ4v) is 3.99. The molecule has 172 valence electrons. The van der Waals surface area contributed by atoms with Crippen LogP contribution in [0.25, 0.3) is 11.0 Å². The average molecular weight is 550 g/mol. The highest BCUT2D eigenvalue weighted by Gasteiger charge is 2.23. The lowest BCUT2D eigenvalue weighted by atomic mass is 10.2. The standard InChI is InChI=1S/C24H30N4O3.HI/c1-25-24(26-14-22-12-18-6-4-5-7-23(18)31-22)27-19-8-9-28(16-19)15-17-10-20(29-2)13-21(11-17)30-3;/h4-7,10-13,19H,8-9,14-16H2,1-3H3,(H2,25,26,27);1H. The maximum Gasteiger partial charge on any atom is 0.191 e. The van der Waals surface area contributed by atoms with Gasteiger partial charge in [-0.3, -0.25) is 9.89 Å². The van der Waals surface area contributed by atoms with Crippen LogP contribution in [0, 0.1) is 0 Å². The number of fused-ring (bicyclic) bond motifs is 1. The summed E-state index contributed by atoms with van der Waals surface area (Å²) >= 11 is 0. The summed E-state index contributed by atoms with van der Waals surface area (Å²) in [4.78, 5) is 6.81. The maximum atomic E-state index is 5.88. The van der Waals surface area contributed by atoms with Crippen LogP contribution in [0.4, 0.5) is 0 Å². The van der Waals surface area contributed by atoms with Gasteiger partial charge < -0.3 is 24.5 Å². The lowest BCUT2D eigenvalue weighted by Gasteiger charge is -2.19. The lowest BCUT2D eigenvalue weighted by Crippen LogP contribution is -2.44. The highest BCUT2D eigenvalue weighted by molar-refractivity contribution is 14.0. The van der Waals surface area contributed by atoms with Gasteiger partial charge in [0.1, 0.15) is 22.8 Å². The fraction of sp³-hybridized carbons (Fsp3) is 0.375. The fourth-order valence-electron chi connectivity index (χ4n) is 3.99. The molecule has 1 fully saturated rings. The van der Waals surface area contributed by atoms with Crippen LogP contribution in [0.2, 0.25) is 0 Å². The number of methoxy groups -OCH3 is 2. The highest BCUT2D eigenvalue weighted by atomic mass is 127. The van der Waals surface area contributed by atoms with Gasteiger partial charge >= 0.3 is 0 Å². The molecule has 7 nitrogen and oxygen atoms in total. The molecule has 2 heterocycles. The molecule has 0 bridgehead atoms. The van der Waals surface area contributed by atoms with Crippen LogP contribution >= 0.6 is 24.0 Å². The van der Waals surface area contributed by atoms with E-state index in [0.717, 1.165) is 60.2 Å². The normalized spacial score (nSPS) is 16.6. The molecular weight excluding hydrogens is 519 g/mol. The molecule has 2 N–H and O–H groups in total. The average Bonchev–Trinajstić information content (AvgIpc) is 3.42. The third-order valence-electron chi connectivity index (χ3n) is 5.56. The van der Waals surface area contributed by atoms with E-state index < -0.39 is 0 Å². The molecule has 0 saturated carbocycles. The number of hydrogen-bond donors (Lipinski definition) is 2. The van der Waals surface area contributed by atoms with Crippen molar-refractivity contribution in [3.63, 3.8) is 0 Å². The van der Waals surface area contributed by atoms with E-state index in [4.69, 9.17) is 13.9 Å². The summed E-state index contributed by atoms with van der Waals surface area (Å²) in [5.74, 6) is 3.32. The Balaban J connectivity index is 0.00000289. The minimum Gasteiger partial charge on any atom is -0.497 e. The molecule has 3 aromatic rings. The number of aliphatic imine (C=N–C) groups is 1. The van der Waals surface area contributed by atoms with Crippen LogP contribution < -0.4 is 20.1 Å². The van der Waals surface area contributed by atoms with Gasteiger partial charge in [0, 0.05) is 44.2 Å². The molecule has 0 radical (unpaired) electrons. The second kappa shape index (κ2) is 11.4. The van der Waals surface area contributed by atoms with Crippen molar-refractivity contribution in [1.29, 1.82) is 0 Å².